The molecular formula is C24H30N4O5S2. The number of piperazine rings is 1. The van der Waals surface area contributed by atoms with E-state index in [2.05, 4.69) is 21.8 Å². The molecule has 3 heterocycles. The first kappa shape index (κ1) is 25.4. The van der Waals surface area contributed by atoms with Crippen LogP contribution < -0.4 is 4.90 Å². The molecule has 1 amide bonds. The standard InChI is InChI=1S/C24H30N4O5S2/c1-24(2,3)10-9-17-11-18(22(34-17)23(30)31)28-19(16-7-5-4-6-8-16)13-27(14-21(28)29)35(32,33)20-12-25-15-26-20/h11-12,15-16,19H,4-8,13-14H2,1-3H3,(H,25,26)(H,30,31)/t19-/m0/s1. The fourth-order valence-corrected chi connectivity index (χ4v) is 6.82. The quantitative estimate of drug-likeness (QED) is 0.584. The van der Waals surface area contributed by atoms with E-state index in [1.165, 1.54) is 21.7 Å². The van der Waals surface area contributed by atoms with Crippen LogP contribution in [0.3, 0.4) is 0 Å². The number of aromatic amines is 1. The summed E-state index contributed by atoms with van der Waals surface area (Å²) in [4.78, 5) is 34.4. The molecule has 1 atom stereocenters. The second-order valence-electron chi connectivity index (χ2n) is 10.1. The molecule has 2 aromatic rings. The van der Waals surface area contributed by atoms with Crippen molar-refractivity contribution in [3.63, 3.8) is 0 Å². The van der Waals surface area contributed by atoms with Crippen molar-refractivity contribution in [1.82, 2.24) is 14.3 Å². The predicted molar refractivity (Wildman–Crippen MR) is 133 cm³/mol. The number of H-pyrrole nitrogens is 1. The van der Waals surface area contributed by atoms with Gasteiger partial charge in [-0.1, -0.05) is 31.1 Å². The van der Waals surface area contributed by atoms with Crippen molar-refractivity contribution in [1.29, 1.82) is 0 Å². The number of hydrogen-bond donors (Lipinski definition) is 2. The summed E-state index contributed by atoms with van der Waals surface area (Å²) < 4.78 is 27.5. The summed E-state index contributed by atoms with van der Waals surface area (Å²) in [6.45, 7) is 5.61. The molecule has 0 bridgehead atoms. The van der Waals surface area contributed by atoms with Crippen LogP contribution in [0.2, 0.25) is 0 Å². The molecule has 1 saturated heterocycles. The third-order valence-corrected chi connectivity index (χ3v) is 9.04. The molecule has 0 aromatic carbocycles. The van der Waals surface area contributed by atoms with E-state index in [0.29, 0.717) is 10.6 Å². The minimum atomic E-state index is -3.97. The van der Waals surface area contributed by atoms with Gasteiger partial charge in [-0.15, -0.1) is 11.3 Å². The third kappa shape index (κ3) is 5.44. The lowest BCUT2D eigenvalue weighted by Gasteiger charge is -2.44. The molecule has 9 nitrogen and oxygen atoms in total. The SMILES string of the molecule is CC(C)(C)C#Cc1cc(N2C(=O)CN(S(=O)(=O)c3c[nH]cn3)C[C@H]2C2CCCCC2)c(C(=O)O)s1. The second kappa shape index (κ2) is 9.76. The van der Waals surface area contributed by atoms with Gasteiger partial charge in [0.25, 0.3) is 10.0 Å². The highest BCUT2D eigenvalue weighted by molar-refractivity contribution is 7.89. The van der Waals surface area contributed by atoms with Crippen LogP contribution in [0.4, 0.5) is 5.69 Å². The molecule has 1 aliphatic heterocycles. The van der Waals surface area contributed by atoms with Gasteiger partial charge >= 0.3 is 5.97 Å². The lowest BCUT2D eigenvalue weighted by molar-refractivity contribution is -0.121. The number of amides is 1. The number of nitrogens with zero attached hydrogens (tertiary/aromatic N) is 3. The van der Waals surface area contributed by atoms with E-state index in [4.69, 9.17) is 0 Å². The Kier molecular flexibility index (Phi) is 7.09. The monoisotopic (exact) mass is 518 g/mol. The number of imidazole rings is 1. The number of rotatable bonds is 5. The molecular weight excluding hydrogens is 488 g/mol. The van der Waals surface area contributed by atoms with Crippen molar-refractivity contribution < 1.29 is 23.1 Å². The maximum Gasteiger partial charge on any atom is 0.348 e. The molecule has 2 aromatic heterocycles. The van der Waals surface area contributed by atoms with E-state index < -0.39 is 27.9 Å². The number of carboxylic acids is 1. The summed E-state index contributed by atoms with van der Waals surface area (Å²) >= 11 is 1.04. The first-order valence-electron chi connectivity index (χ1n) is 11.7. The van der Waals surface area contributed by atoms with Crippen LogP contribution in [0.15, 0.2) is 23.6 Å². The van der Waals surface area contributed by atoms with Crippen LogP contribution in [-0.2, 0) is 14.8 Å². The van der Waals surface area contributed by atoms with Crippen molar-refractivity contribution >= 4 is 38.9 Å². The summed E-state index contributed by atoms with van der Waals surface area (Å²) in [6.07, 6.45) is 7.37. The van der Waals surface area contributed by atoms with Gasteiger partial charge in [-0.2, -0.15) is 4.31 Å². The highest BCUT2D eigenvalue weighted by Gasteiger charge is 2.44. The minimum absolute atomic E-state index is 0.0426. The molecule has 11 heteroatoms. The van der Waals surface area contributed by atoms with Gasteiger partial charge in [-0.25, -0.2) is 18.2 Å². The summed E-state index contributed by atoms with van der Waals surface area (Å²) in [6, 6.07) is 1.19. The number of nitrogens with one attached hydrogen (secondary N) is 1. The number of carbonyl (C=O) groups is 2. The molecule has 2 N–H and O–H groups in total. The van der Waals surface area contributed by atoms with Crippen LogP contribution in [0.1, 0.15) is 67.4 Å². The Morgan fingerprint density at radius 2 is 1.97 bits per heavy atom. The normalized spacial score (nSPS) is 20.5. The zero-order chi connectivity index (χ0) is 25.4. The Labute approximate surface area is 209 Å². The minimum Gasteiger partial charge on any atom is -0.477 e. The summed E-state index contributed by atoms with van der Waals surface area (Å²) in [5, 5.41) is 9.80. The molecule has 188 valence electrons. The average Bonchev–Trinajstić information content (AvgIpc) is 3.48. The fourth-order valence-electron chi connectivity index (χ4n) is 4.69. The zero-order valence-corrected chi connectivity index (χ0v) is 21.7. The molecule has 0 radical (unpaired) electrons. The molecule has 2 fully saturated rings. The second-order valence-corrected chi connectivity index (χ2v) is 13.0. The largest absolute Gasteiger partial charge is 0.477 e. The van der Waals surface area contributed by atoms with Crippen molar-refractivity contribution in [3.05, 3.63) is 28.3 Å². The van der Waals surface area contributed by atoms with E-state index in [0.717, 1.165) is 43.4 Å². The first-order valence-corrected chi connectivity index (χ1v) is 13.9. The van der Waals surface area contributed by atoms with Crippen molar-refractivity contribution in [2.24, 2.45) is 11.3 Å². The van der Waals surface area contributed by atoms with Crippen LogP contribution in [0.25, 0.3) is 0 Å². The molecule has 0 spiro atoms. The van der Waals surface area contributed by atoms with Crippen molar-refractivity contribution in [3.8, 4) is 11.8 Å². The van der Waals surface area contributed by atoms with Gasteiger partial charge in [-0.3, -0.25) is 4.79 Å². The maximum absolute atomic E-state index is 13.5. The highest BCUT2D eigenvalue weighted by Crippen LogP contribution is 2.39. The summed E-state index contributed by atoms with van der Waals surface area (Å²) in [7, 11) is -3.97. The molecule has 35 heavy (non-hydrogen) atoms. The molecule has 1 saturated carbocycles. The summed E-state index contributed by atoms with van der Waals surface area (Å²) in [5.74, 6) is 4.66. The van der Waals surface area contributed by atoms with Gasteiger partial charge in [0.2, 0.25) is 5.91 Å². The lowest BCUT2D eigenvalue weighted by Crippen LogP contribution is -2.60. The fraction of sp³-hybridized carbons (Fsp3) is 0.542. The highest BCUT2D eigenvalue weighted by atomic mass is 32.2. The smallest absolute Gasteiger partial charge is 0.348 e. The maximum atomic E-state index is 13.5. The lowest BCUT2D eigenvalue weighted by atomic mass is 9.82. The third-order valence-electron chi connectivity index (χ3n) is 6.30. The number of sulfonamides is 1. The van der Waals surface area contributed by atoms with Gasteiger partial charge in [0.1, 0.15) is 4.88 Å². The van der Waals surface area contributed by atoms with Gasteiger partial charge in [0.15, 0.2) is 5.03 Å². The Morgan fingerprint density at radius 1 is 1.26 bits per heavy atom. The van der Waals surface area contributed by atoms with Crippen LogP contribution in [-0.4, -0.2) is 58.8 Å². The number of thiophene rings is 1. The Balaban J connectivity index is 1.76. The van der Waals surface area contributed by atoms with E-state index in [-0.39, 0.29) is 34.3 Å². The topological polar surface area (TPSA) is 124 Å². The van der Waals surface area contributed by atoms with Gasteiger partial charge in [0, 0.05) is 18.2 Å². The van der Waals surface area contributed by atoms with E-state index in [9.17, 15) is 23.1 Å². The molecule has 4 rings (SSSR count). The van der Waals surface area contributed by atoms with E-state index in [1.54, 1.807) is 6.07 Å². The summed E-state index contributed by atoms with van der Waals surface area (Å²) in [5.41, 5.74) is 0.0401. The number of carboxylic acid groups (broad SMARTS) is 1. The van der Waals surface area contributed by atoms with Crippen LogP contribution >= 0.6 is 11.3 Å². The number of anilines is 1. The van der Waals surface area contributed by atoms with E-state index >= 15 is 0 Å². The van der Waals surface area contributed by atoms with Crippen molar-refractivity contribution in [2.45, 2.75) is 63.9 Å². The van der Waals surface area contributed by atoms with Gasteiger partial charge in [0.05, 0.1) is 29.5 Å². The average molecular weight is 519 g/mol. The van der Waals surface area contributed by atoms with Crippen molar-refractivity contribution in [2.75, 3.05) is 18.0 Å². The Morgan fingerprint density at radius 3 is 2.57 bits per heavy atom. The number of aromatic nitrogens is 2. The van der Waals surface area contributed by atoms with Gasteiger partial charge < -0.3 is 15.0 Å². The predicted octanol–water partition coefficient (Wildman–Crippen LogP) is 3.55. The Bertz CT molecular complexity index is 1260. The van der Waals surface area contributed by atoms with Gasteiger partial charge in [-0.05, 0) is 45.6 Å². The number of aromatic carboxylic acids is 1. The van der Waals surface area contributed by atoms with Crippen LogP contribution in [0.5, 0.6) is 0 Å². The van der Waals surface area contributed by atoms with E-state index in [1.807, 2.05) is 20.8 Å². The number of carbonyl (C=O) groups excluding carboxylic acids is 1. The Hall–Kier alpha value is -2.68. The zero-order valence-electron chi connectivity index (χ0n) is 20.1. The number of hydrogen-bond acceptors (Lipinski definition) is 6. The molecule has 2 aliphatic rings. The van der Waals surface area contributed by atoms with Crippen LogP contribution in [0, 0.1) is 23.2 Å². The molecule has 1 aliphatic carbocycles. The molecule has 0 unspecified atom stereocenters. The first-order chi connectivity index (χ1) is 16.5.